The van der Waals surface area contributed by atoms with Gasteiger partial charge in [0.25, 0.3) is 0 Å². The van der Waals surface area contributed by atoms with E-state index < -0.39 is 9.84 Å². The number of rotatable bonds is 10. The summed E-state index contributed by atoms with van der Waals surface area (Å²) in [5.41, 5.74) is 3.58. The van der Waals surface area contributed by atoms with Crippen LogP contribution in [0, 0.1) is 5.82 Å². The van der Waals surface area contributed by atoms with Gasteiger partial charge in [0.15, 0.2) is 0 Å². The van der Waals surface area contributed by atoms with Crippen LogP contribution >= 0.6 is 0 Å². The predicted octanol–water partition coefficient (Wildman–Crippen LogP) is 4.03. The Kier molecular flexibility index (Phi) is 9.00. The highest BCUT2D eigenvalue weighted by molar-refractivity contribution is 7.90. The fourth-order valence-electron chi connectivity index (χ4n) is 3.51. The molecular weight excluding hydrogens is 415 g/mol. The summed E-state index contributed by atoms with van der Waals surface area (Å²) >= 11 is 0. The highest BCUT2D eigenvalue weighted by Gasteiger charge is 2.20. The largest absolute Gasteiger partial charge is 0.299 e. The fourth-order valence-corrected chi connectivity index (χ4v) is 4.03. The summed E-state index contributed by atoms with van der Waals surface area (Å²) in [5, 5.41) is -0.233. The summed E-state index contributed by atoms with van der Waals surface area (Å²) in [4.78, 5) is 15.1. The number of aromatic nitrogens is 2. The number of nitrogens with zero attached hydrogens (tertiary/aromatic N) is 4. The van der Waals surface area contributed by atoms with Crippen LogP contribution in [0.5, 0.6) is 0 Å². The van der Waals surface area contributed by atoms with E-state index in [0.29, 0.717) is 18.0 Å². The maximum Gasteiger partial charge on any atom is 0.247 e. The molecule has 0 aliphatic carbocycles. The average molecular weight is 447 g/mol. The second-order valence-electron chi connectivity index (χ2n) is 7.51. The Bertz CT molecular complexity index is 1040. The van der Waals surface area contributed by atoms with Crippen molar-refractivity contribution in [1.29, 1.82) is 0 Å². The lowest BCUT2D eigenvalue weighted by molar-refractivity contribution is 0.298. The van der Waals surface area contributed by atoms with Gasteiger partial charge in [-0.1, -0.05) is 13.8 Å². The number of allylic oxidation sites excluding steroid dienone is 1. The van der Waals surface area contributed by atoms with E-state index >= 15 is 0 Å². The van der Waals surface area contributed by atoms with E-state index in [-0.39, 0.29) is 11.0 Å². The third-order valence-electron chi connectivity index (χ3n) is 4.77. The van der Waals surface area contributed by atoms with Crippen LogP contribution in [0.3, 0.4) is 0 Å². The van der Waals surface area contributed by atoms with Crippen molar-refractivity contribution in [2.45, 2.75) is 38.8 Å². The molecule has 0 unspecified atom stereocenters. The molecule has 0 spiro atoms. The van der Waals surface area contributed by atoms with Gasteiger partial charge < -0.3 is 0 Å². The van der Waals surface area contributed by atoms with Crippen molar-refractivity contribution in [2.75, 3.05) is 32.9 Å². The van der Waals surface area contributed by atoms with Crippen molar-refractivity contribution in [1.82, 2.24) is 14.9 Å². The van der Waals surface area contributed by atoms with E-state index in [1.165, 1.54) is 18.3 Å². The Labute approximate surface area is 184 Å². The van der Waals surface area contributed by atoms with Gasteiger partial charge in [-0.3, -0.25) is 9.89 Å². The smallest absolute Gasteiger partial charge is 0.247 e. The van der Waals surface area contributed by atoms with Crippen LogP contribution in [-0.2, 0) is 9.84 Å². The van der Waals surface area contributed by atoms with Crippen molar-refractivity contribution in [2.24, 2.45) is 4.99 Å². The highest BCUT2D eigenvalue weighted by Crippen LogP contribution is 2.25. The minimum atomic E-state index is -3.57. The zero-order chi connectivity index (χ0) is 23.0. The summed E-state index contributed by atoms with van der Waals surface area (Å²) in [6.07, 6.45) is 4.59. The Balaban J connectivity index is 2.68. The molecule has 0 saturated carbocycles. The first-order valence-corrected chi connectivity index (χ1v) is 12.3. The van der Waals surface area contributed by atoms with Gasteiger partial charge in [0.2, 0.25) is 15.0 Å². The van der Waals surface area contributed by atoms with Crippen molar-refractivity contribution in [3.63, 3.8) is 0 Å². The molecule has 1 aromatic heterocycles. The number of hydrogen-bond donors (Lipinski definition) is 0. The highest BCUT2D eigenvalue weighted by atomic mass is 32.2. The van der Waals surface area contributed by atoms with Crippen LogP contribution < -0.4 is 0 Å². The Morgan fingerprint density at radius 3 is 2.23 bits per heavy atom. The quantitative estimate of drug-likeness (QED) is 0.407. The summed E-state index contributed by atoms with van der Waals surface area (Å²) in [6, 6.07) is 7.79. The molecule has 6 nitrogen and oxygen atoms in total. The van der Waals surface area contributed by atoms with Crippen LogP contribution in [0.25, 0.3) is 5.57 Å². The summed E-state index contributed by atoms with van der Waals surface area (Å²) in [7, 11) is -1.91. The molecule has 2 aromatic rings. The molecular formula is C23H31FN4O2S. The van der Waals surface area contributed by atoms with Crippen LogP contribution in [0.2, 0.25) is 0 Å². The van der Waals surface area contributed by atoms with Crippen LogP contribution in [-0.4, -0.2) is 61.9 Å². The molecule has 0 atom stereocenters. The lowest BCUT2D eigenvalue weighted by Gasteiger charge is -2.24. The van der Waals surface area contributed by atoms with Crippen LogP contribution in [0.15, 0.2) is 52.3 Å². The van der Waals surface area contributed by atoms with Gasteiger partial charge >= 0.3 is 0 Å². The van der Waals surface area contributed by atoms with Gasteiger partial charge in [0.05, 0.1) is 11.4 Å². The number of halogens is 1. The fraction of sp³-hybridized carbons (Fsp3) is 0.435. The Hall–Kier alpha value is -2.45. The molecule has 31 heavy (non-hydrogen) atoms. The second kappa shape index (κ2) is 11.2. The molecule has 8 heteroatoms. The number of sulfone groups is 1. The molecule has 0 N–H and O–H groups in total. The van der Waals surface area contributed by atoms with E-state index in [2.05, 4.69) is 33.7 Å². The van der Waals surface area contributed by atoms with E-state index in [1.807, 2.05) is 6.92 Å². The minimum absolute atomic E-state index is 0.233. The zero-order valence-electron chi connectivity index (χ0n) is 18.9. The standard InChI is InChI=1S/C23H31FN4O2S/c1-6-14-28(15-7-2)16-17(3)21(20-12-13-26-23(27-20)31(5,29)30)22(25-4)18-8-10-19(24)11-9-18/h8-13H,6-7,14-16H2,1-5H3/b21-17+,25-22?. The molecule has 2 rings (SSSR count). The zero-order valence-corrected chi connectivity index (χ0v) is 19.7. The lowest BCUT2D eigenvalue weighted by Crippen LogP contribution is -2.28. The topological polar surface area (TPSA) is 75.5 Å². The van der Waals surface area contributed by atoms with E-state index in [1.54, 1.807) is 25.2 Å². The van der Waals surface area contributed by atoms with E-state index in [0.717, 1.165) is 48.9 Å². The number of benzene rings is 1. The molecule has 0 aliphatic rings. The van der Waals surface area contributed by atoms with Crippen molar-refractivity contribution in [3.05, 3.63) is 59.2 Å². The van der Waals surface area contributed by atoms with Crippen molar-refractivity contribution < 1.29 is 12.8 Å². The normalized spacial score (nSPS) is 13.5. The van der Waals surface area contributed by atoms with Crippen LogP contribution in [0.4, 0.5) is 4.39 Å². The van der Waals surface area contributed by atoms with Gasteiger partial charge in [-0.15, -0.1) is 0 Å². The third-order valence-corrected chi connectivity index (χ3v) is 5.63. The van der Waals surface area contributed by atoms with E-state index in [9.17, 15) is 12.8 Å². The second-order valence-corrected chi connectivity index (χ2v) is 9.42. The predicted molar refractivity (Wildman–Crippen MR) is 124 cm³/mol. The molecule has 0 radical (unpaired) electrons. The van der Waals surface area contributed by atoms with Crippen molar-refractivity contribution >= 4 is 21.1 Å². The number of aliphatic imine (C=N–C) groups is 1. The van der Waals surface area contributed by atoms with Gasteiger partial charge in [-0.2, -0.15) is 0 Å². The molecule has 0 saturated heterocycles. The molecule has 1 aromatic carbocycles. The molecule has 0 aliphatic heterocycles. The Morgan fingerprint density at radius 1 is 1.10 bits per heavy atom. The number of hydrogen-bond acceptors (Lipinski definition) is 6. The van der Waals surface area contributed by atoms with Gasteiger partial charge in [-0.25, -0.2) is 22.8 Å². The SMILES string of the molecule is CCCN(CCC)C/C(C)=C(/C(=NC)c1ccc(F)cc1)c1ccnc(S(C)(=O)=O)n1. The third kappa shape index (κ3) is 6.77. The molecule has 1 heterocycles. The molecule has 0 bridgehead atoms. The maximum atomic E-state index is 13.5. The summed E-state index contributed by atoms with van der Waals surface area (Å²) in [6.45, 7) is 8.88. The summed E-state index contributed by atoms with van der Waals surface area (Å²) in [5.74, 6) is -0.333. The first-order chi connectivity index (χ1) is 14.7. The minimum Gasteiger partial charge on any atom is -0.299 e. The monoisotopic (exact) mass is 446 g/mol. The van der Waals surface area contributed by atoms with Gasteiger partial charge in [0.1, 0.15) is 5.82 Å². The van der Waals surface area contributed by atoms with Crippen molar-refractivity contribution in [3.8, 4) is 0 Å². The van der Waals surface area contributed by atoms with Gasteiger partial charge in [0, 0.05) is 37.2 Å². The molecule has 0 amide bonds. The van der Waals surface area contributed by atoms with E-state index in [4.69, 9.17) is 0 Å². The maximum absolute atomic E-state index is 13.5. The summed E-state index contributed by atoms with van der Waals surface area (Å²) < 4.78 is 37.6. The molecule has 0 fully saturated rings. The Morgan fingerprint density at radius 2 is 1.71 bits per heavy atom. The molecule has 168 valence electrons. The first-order valence-electron chi connectivity index (χ1n) is 10.4. The van der Waals surface area contributed by atoms with Crippen LogP contribution in [0.1, 0.15) is 44.9 Å². The lowest BCUT2D eigenvalue weighted by atomic mass is 9.94. The average Bonchev–Trinajstić information content (AvgIpc) is 2.72. The van der Waals surface area contributed by atoms with Gasteiger partial charge in [-0.05, 0) is 68.8 Å². The first kappa shape index (κ1) is 24.8.